The zero-order valence-corrected chi connectivity index (χ0v) is 10.0. The van der Waals surface area contributed by atoms with Gasteiger partial charge in [0.05, 0.1) is 12.3 Å². The zero-order chi connectivity index (χ0) is 10.7. The Hall–Kier alpha value is -1.07. The average molecular weight is 246 g/mol. The second-order valence-electron chi connectivity index (χ2n) is 3.49. The fourth-order valence-corrected chi connectivity index (χ4v) is 1.67. The Bertz CT molecular complexity index is 341. The quantitative estimate of drug-likeness (QED) is 0.789. The highest BCUT2D eigenvalue weighted by atomic mass is 35.5. The number of rotatable bonds is 2. The molecule has 0 fully saturated rings. The van der Waals surface area contributed by atoms with Gasteiger partial charge < -0.3 is 10.1 Å². The van der Waals surface area contributed by atoms with Gasteiger partial charge in [-0.3, -0.25) is 4.68 Å². The average Bonchev–Trinajstić information content (AvgIpc) is 2.51. The molecule has 16 heavy (non-hydrogen) atoms. The predicted molar refractivity (Wildman–Crippen MR) is 61.8 cm³/mol. The van der Waals surface area contributed by atoms with Gasteiger partial charge in [0.15, 0.2) is 5.69 Å². The zero-order valence-electron chi connectivity index (χ0n) is 9.23. The number of hydrogen-bond acceptors (Lipinski definition) is 4. The van der Waals surface area contributed by atoms with Gasteiger partial charge in [-0.05, 0) is 26.0 Å². The maximum atomic E-state index is 11.4. The molecule has 0 aromatic carbocycles. The van der Waals surface area contributed by atoms with E-state index in [1.165, 1.54) is 0 Å². The first-order valence-corrected chi connectivity index (χ1v) is 5.26. The highest BCUT2D eigenvalue weighted by Crippen LogP contribution is 2.09. The van der Waals surface area contributed by atoms with E-state index in [1.54, 1.807) is 13.0 Å². The maximum absolute atomic E-state index is 11.4. The van der Waals surface area contributed by atoms with Crippen molar-refractivity contribution in [3.05, 3.63) is 17.5 Å². The Labute approximate surface area is 101 Å². The number of nitrogens with one attached hydrogen (secondary N) is 1. The number of carbonyl (C=O) groups excluding carboxylic acids is 1. The Morgan fingerprint density at radius 2 is 2.50 bits per heavy atom. The minimum atomic E-state index is -0.335. The van der Waals surface area contributed by atoms with Gasteiger partial charge >= 0.3 is 5.97 Å². The third-order valence-electron chi connectivity index (χ3n) is 2.38. The molecule has 2 rings (SSSR count). The summed E-state index contributed by atoms with van der Waals surface area (Å²) in [6, 6.07) is 1.80. The van der Waals surface area contributed by atoms with Gasteiger partial charge in [-0.15, -0.1) is 12.4 Å². The fourth-order valence-electron chi connectivity index (χ4n) is 1.67. The van der Waals surface area contributed by atoms with Crippen molar-refractivity contribution in [3.63, 3.8) is 0 Å². The summed E-state index contributed by atoms with van der Waals surface area (Å²) in [5.74, 6) is -0.335. The van der Waals surface area contributed by atoms with Gasteiger partial charge in [0.1, 0.15) is 0 Å². The normalized spacial score (nSPS) is 14.6. The van der Waals surface area contributed by atoms with Gasteiger partial charge in [-0.1, -0.05) is 0 Å². The summed E-state index contributed by atoms with van der Waals surface area (Å²) in [5.41, 5.74) is 1.46. The minimum Gasteiger partial charge on any atom is -0.461 e. The highest BCUT2D eigenvalue weighted by Gasteiger charge is 2.16. The molecular formula is C10H16ClN3O2. The van der Waals surface area contributed by atoms with E-state index >= 15 is 0 Å². The molecule has 0 amide bonds. The summed E-state index contributed by atoms with van der Waals surface area (Å²) in [6.07, 6.45) is 1.04. The lowest BCUT2D eigenvalue weighted by Gasteiger charge is -1.99. The third kappa shape index (κ3) is 2.74. The Balaban J connectivity index is 0.00000128. The van der Waals surface area contributed by atoms with E-state index in [-0.39, 0.29) is 18.4 Å². The molecule has 1 N–H and O–H groups in total. The lowest BCUT2D eigenvalue weighted by Crippen LogP contribution is -2.12. The fraction of sp³-hybridized carbons (Fsp3) is 0.600. The molecule has 1 aromatic rings. The molecule has 1 aliphatic heterocycles. The number of aryl methyl sites for hydroxylation is 1. The Kier molecular flexibility index (Phi) is 4.76. The van der Waals surface area contributed by atoms with E-state index < -0.39 is 0 Å². The van der Waals surface area contributed by atoms with Crippen LogP contribution in [-0.2, 0) is 17.8 Å². The summed E-state index contributed by atoms with van der Waals surface area (Å²) >= 11 is 0. The van der Waals surface area contributed by atoms with E-state index in [0.29, 0.717) is 12.3 Å². The number of ether oxygens (including phenoxy) is 1. The van der Waals surface area contributed by atoms with Crippen LogP contribution < -0.4 is 5.32 Å². The van der Waals surface area contributed by atoms with Gasteiger partial charge in [0.2, 0.25) is 0 Å². The third-order valence-corrected chi connectivity index (χ3v) is 2.38. The van der Waals surface area contributed by atoms with E-state index in [4.69, 9.17) is 4.74 Å². The van der Waals surface area contributed by atoms with Crippen molar-refractivity contribution in [2.45, 2.75) is 26.4 Å². The van der Waals surface area contributed by atoms with Gasteiger partial charge in [-0.25, -0.2) is 4.79 Å². The van der Waals surface area contributed by atoms with Crippen LogP contribution in [0, 0.1) is 0 Å². The summed E-state index contributed by atoms with van der Waals surface area (Å²) in [6.45, 7) is 4.81. The highest BCUT2D eigenvalue weighted by molar-refractivity contribution is 5.87. The molecule has 0 unspecified atom stereocenters. The molecule has 0 saturated heterocycles. The molecule has 0 aliphatic carbocycles. The number of fused-ring (bicyclic) bond motifs is 1. The van der Waals surface area contributed by atoms with Crippen LogP contribution in [-0.4, -0.2) is 28.9 Å². The Morgan fingerprint density at radius 3 is 3.25 bits per heavy atom. The van der Waals surface area contributed by atoms with E-state index in [2.05, 4.69) is 10.4 Å². The molecular weight excluding hydrogens is 230 g/mol. The van der Waals surface area contributed by atoms with E-state index in [9.17, 15) is 4.79 Å². The van der Waals surface area contributed by atoms with Gasteiger partial charge in [0, 0.05) is 13.1 Å². The second kappa shape index (κ2) is 5.86. The lowest BCUT2D eigenvalue weighted by atomic mass is 10.3. The molecule has 2 heterocycles. The van der Waals surface area contributed by atoms with Crippen molar-refractivity contribution in [1.82, 2.24) is 15.1 Å². The molecule has 0 radical (unpaired) electrons. The number of esters is 1. The van der Waals surface area contributed by atoms with Crippen LogP contribution in [0.2, 0.25) is 0 Å². The van der Waals surface area contributed by atoms with Crippen LogP contribution in [0.3, 0.4) is 0 Å². The standard InChI is InChI=1S/C10H15N3O2.ClH/c1-2-15-10(14)9-6-8-7-11-4-3-5-13(8)12-9;/h6,11H,2-5,7H2,1H3;1H. The number of aromatic nitrogens is 2. The van der Waals surface area contributed by atoms with Crippen molar-refractivity contribution in [1.29, 1.82) is 0 Å². The molecule has 0 bridgehead atoms. The van der Waals surface area contributed by atoms with Crippen molar-refractivity contribution in [3.8, 4) is 0 Å². The summed E-state index contributed by atoms with van der Waals surface area (Å²) < 4.78 is 6.78. The largest absolute Gasteiger partial charge is 0.461 e. The van der Waals surface area contributed by atoms with Crippen LogP contribution >= 0.6 is 12.4 Å². The second-order valence-corrected chi connectivity index (χ2v) is 3.49. The van der Waals surface area contributed by atoms with Crippen molar-refractivity contribution >= 4 is 18.4 Å². The predicted octanol–water partition coefficient (Wildman–Crippen LogP) is 0.975. The molecule has 1 aliphatic rings. The summed E-state index contributed by atoms with van der Waals surface area (Å²) in [7, 11) is 0. The van der Waals surface area contributed by atoms with E-state index in [0.717, 1.165) is 31.7 Å². The number of hydrogen-bond donors (Lipinski definition) is 1. The molecule has 90 valence electrons. The summed E-state index contributed by atoms with van der Waals surface area (Å²) in [4.78, 5) is 11.4. The van der Waals surface area contributed by atoms with Gasteiger partial charge in [-0.2, -0.15) is 5.10 Å². The first-order valence-electron chi connectivity index (χ1n) is 5.26. The summed E-state index contributed by atoms with van der Waals surface area (Å²) in [5, 5.41) is 7.51. The molecule has 1 aromatic heterocycles. The lowest BCUT2D eigenvalue weighted by molar-refractivity contribution is 0.0518. The topological polar surface area (TPSA) is 56.2 Å². The monoisotopic (exact) mass is 245 g/mol. The first kappa shape index (κ1) is 13.0. The smallest absolute Gasteiger partial charge is 0.358 e. The first-order chi connectivity index (χ1) is 7.31. The van der Waals surface area contributed by atoms with Crippen LogP contribution in [0.1, 0.15) is 29.5 Å². The number of nitrogens with zero attached hydrogens (tertiary/aromatic N) is 2. The van der Waals surface area contributed by atoms with Crippen molar-refractivity contribution in [2.75, 3.05) is 13.2 Å². The van der Waals surface area contributed by atoms with Gasteiger partial charge in [0.25, 0.3) is 0 Å². The van der Waals surface area contributed by atoms with Crippen LogP contribution in [0.15, 0.2) is 6.07 Å². The van der Waals surface area contributed by atoms with Crippen molar-refractivity contribution < 1.29 is 9.53 Å². The molecule has 6 heteroatoms. The molecule has 0 atom stereocenters. The van der Waals surface area contributed by atoms with Crippen molar-refractivity contribution in [2.24, 2.45) is 0 Å². The van der Waals surface area contributed by atoms with E-state index in [1.807, 2.05) is 4.68 Å². The van der Waals surface area contributed by atoms with Crippen LogP contribution in [0.5, 0.6) is 0 Å². The SMILES string of the molecule is CCOC(=O)c1cc2n(n1)CCCNC2.Cl. The van der Waals surface area contributed by atoms with Crippen LogP contribution in [0.25, 0.3) is 0 Å². The molecule has 0 spiro atoms. The molecule has 0 saturated carbocycles. The molecule has 5 nitrogen and oxygen atoms in total. The number of carbonyl (C=O) groups is 1. The Morgan fingerprint density at radius 1 is 1.69 bits per heavy atom. The number of halogens is 1. The maximum Gasteiger partial charge on any atom is 0.358 e. The van der Waals surface area contributed by atoms with Crippen LogP contribution in [0.4, 0.5) is 0 Å². The minimum absolute atomic E-state index is 0.